The molecule has 12 heteroatoms. The SMILES string of the molecule is CC(C)(C)OC(=O)NCCCc1cc(N)ccc1Oc1cc(NCCNC(=O)OC(C)(C)C)cc(C(F)(F)F)c1. The molecule has 0 spiro atoms. The summed E-state index contributed by atoms with van der Waals surface area (Å²) in [5.74, 6) is 0.304. The number of nitrogens with two attached hydrogens (primary N) is 1. The molecule has 9 nitrogen and oxygen atoms in total. The fourth-order valence-corrected chi connectivity index (χ4v) is 3.41. The molecule has 0 bridgehead atoms. The van der Waals surface area contributed by atoms with E-state index >= 15 is 0 Å². The second-order valence-corrected chi connectivity index (χ2v) is 11.1. The van der Waals surface area contributed by atoms with Crippen molar-refractivity contribution in [3.8, 4) is 11.5 Å². The van der Waals surface area contributed by atoms with E-state index in [1.54, 1.807) is 59.7 Å². The van der Waals surface area contributed by atoms with E-state index < -0.39 is 35.1 Å². The summed E-state index contributed by atoms with van der Waals surface area (Å²) < 4.78 is 57.1. The highest BCUT2D eigenvalue weighted by Crippen LogP contribution is 2.36. The van der Waals surface area contributed by atoms with Gasteiger partial charge in [-0.1, -0.05) is 0 Å². The van der Waals surface area contributed by atoms with Crippen molar-refractivity contribution < 1.29 is 37.0 Å². The first kappa shape index (κ1) is 32.4. The summed E-state index contributed by atoms with van der Waals surface area (Å²) in [5, 5.41) is 8.08. The van der Waals surface area contributed by atoms with Crippen LogP contribution in [-0.2, 0) is 22.1 Å². The lowest BCUT2D eigenvalue weighted by atomic mass is 10.1. The van der Waals surface area contributed by atoms with Gasteiger partial charge in [-0.25, -0.2) is 9.59 Å². The molecule has 2 rings (SSSR count). The summed E-state index contributed by atoms with van der Waals surface area (Å²) in [6, 6.07) is 8.17. The third kappa shape index (κ3) is 12.4. The molecule has 0 aliphatic carbocycles. The van der Waals surface area contributed by atoms with Gasteiger partial charge >= 0.3 is 18.4 Å². The quantitative estimate of drug-likeness (QED) is 0.191. The van der Waals surface area contributed by atoms with Crippen LogP contribution in [-0.4, -0.2) is 43.0 Å². The van der Waals surface area contributed by atoms with Gasteiger partial charge in [-0.2, -0.15) is 13.2 Å². The lowest BCUT2D eigenvalue weighted by Gasteiger charge is -2.20. The molecule has 0 heterocycles. The Morgan fingerprint density at radius 1 is 0.825 bits per heavy atom. The van der Waals surface area contributed by atoms with Gasteiger partial charge in [-0.3, -0.25) is 0 Å². The number of amides is 2. The van der Waals surface area contributed by atoms with Crippen molar-refractivity contribution in [3.63, 3.8) is 0 Å². The number of alkyl halides is 3. The van der Waals surface area contributed by atoms with E-state index in [1.807, 2.05) is 0 Å². The molecule has 0 radical (unpaired) electrons. The third-order valence-electron chi connectivity index (χ3n) is 4.96. The highest BCUT2D eigenvalue weighted by atomic mass is 19.4. The van der Waals surface area contributed by atoms with Gasteiger partial charge in [0.25, 0.3) is 0 Å². The second kappa shape index (κ2) is 13.5. The Balaban J connectivity index is 2.09. The second-order valence-electron chi connectivity index (χ2n) is 11.1. The van der Waals surface area contributed by atoms with Gasteiger partial charge in [0.15, 0.2) is 0 Å². The Bertz CT molecular complexity index is 1160. The first-order valence-electron chi connectivity index (χ1n) is 12.9. The molecule has 2 amide bonds. The highest BCUT2D eigenvalue weighted by Gasteiger charge is 2.31. The van der Waals surface area contributed by atoms with Gasteiger partial charge in [0.2, 0.25) is 0 Å². The number of hydrogen-bond acceptors (Lipinski definition) is 7. The fraction of sp³-hybridized carbons (Fsp3) is 0.500. The molecule has 0 fully saturated rings. The van der Waals surface area contributed by atoms with Crippen LogP contribution < -0.4 is 26.4 Å². The Labute approximate surface area is 232 Å². The van der Waals surface area contributed by atoms with Gasteiger partial charge < -0.3 is 35.9 Å². The minimum absolute atomic E-state index is 0.0321. The number of alkyl carbamates (subject to hydrolysis) is 2. The molecule has 0 aromatic heterocycles. The van der Waals surface area contributed by atoms with E-state index in [0.29, 0.717) is 36.4 Å². The topological polar surface area (TPSA) is 124 Å². The summed E-state index contributed by atoms with van der Waals surface area (Å²) >= 11 is 0. The van der Waals surface area contributed by atoms with Crippen molar-refractivity contribution >= 4 is 23.6 Å². The van der Waals surface area contributed by atoms with Crippen LogP contribution in [0.2, 0.25) is 0 Å². The van der Waals surface area contributed by atoms with E-state index in [9.17, 15) is 22.8 Å². The van der Waals surface area contributed by atoms with Crippen molar-refractivity contribution in [1.82, 2.24) is 10.6 Å². The Morgan fingerprint density at radius 3 is 2.00 bits per heavy atom. The molecule has 0 saturated carbocycles. The number of hydrogen-bond donors (Lipinski definition) is 4. The summed E-state index contributed by atoms with van der Waals surface area (Å²) in [6.07, 6.45) is -4.82. The average Bonchev–Trinajstić information content (AvgIpc) is 2.78. The van der Waals surface area contributed by atoms with Crippen LogP contribution >= 0.6 is 0 Å². The molecule has 0 aliphatic rings. The Morgan fingerprint density at radius 2 is 1.43 bits per heavy atom. The molecule has 0 aliphatic heterocycles. The van der Waals surface area contributed by atoms with Crippen LogP contribution in [0.1, 0.15) is 59.1 Å². The third-order valence-corrected chi connectivity index (χ3v) is 4.96. The molecular formula is C28H39F3N4O5. The predicted octanol–water partition coefficient (Wildman–Crippen LogP) is 6.47. The summed E-state index contributed by atoms with van der Waals surface area (Å²) in [7, 11) is 0. The van der Waals surface area contributed by atoms with Crippen LogP contribution in [0.25, 0.3) is 0 Å². The van der Waals surface area contributed by atoms with Crippen LogP contribution in [0.15, 0.2) is 36.4 Å². The number of halogens is 3. The minimum Gasteiger partial charge on any atom is -0.457 e. The van der Waals surface area contributed by atoms with Crippen molar-refractivity contribution in [3.05, 3.63) is 47.5 Å². The van der Waals surface area contributed by atoms with E-state index in [2.05, 4.69) is 16.0 Å². The lowest BCUT2D eigenvalue weighted by Crippen LogP contribution is -2.35. The average molecular weight is 569 g/mol. The number of ether oxygens (including phenoxy) is 3. The number of carbonyl (C=O) groups is 2. The van der Waals surface area contributed by atoms with Gasteiger partial charge in [-0.05, 0) is 90.3 Å². The number of carbonyl (C=O) groups excluding carboxylic acids is 2. The molecule has 5 N–H and O–H groups in total. The maximum absolute atomic E-state index is 13.6. The van der Waals surface area contributed by atoms with Crippen LogP contribution in [0.3, 0.4) is 0 Å². The number of anilines is 2. The first-order chi connectivity index (χ1) is 18.4. The number of nitrogens with one attached hydrogen (secondary N) is 3. The monoisotopic (exact) mass is 568 g/mol. The van der Waals surface area contributed by atoms with Crippen LogP contribution in [0, 0.1) is 0 Å². The molecule has 0 unspecified atom stereocenters. The first-order valence-corrected chi connectivity index (χ1v) is 12.9. The van der Waals surface area contributed by atoms with E-state index in [-0.39, 0.29) is 24.5 Å². The summed E-state index contributed by atoms with van der Waals surface area (Å²) in [5.41, 5.74) is 5.04. The van der Waals surface area contributed by atoms with Crippen molar-refractivity contribution in [2.24, 2.45) is 0 Å². The van der Waals surface area contributed by atoms with Crippen LogP contribution in [0.4, 0.5) is 34.1 Å². The Hall–Kier alpha value is -3.83. The van der Waals surface area contributed by atoms with E-state index in [4.69, 9.17) is 19.9 Å². The zero-order valence-corrected chi connectivity index (χ0v) is 23.8. The highest BCUT2D eigenvalue weighted by molar-refractivity contribution is 5.68. The largest absolute Gasteiger partial charge is 0.457 e. The lowest BCUT2D eigenvalue weighted by molar-refractivity contribution is -0.137. The van der Waals surface area contributed by atoms with E-state index in [0.717, 1.165) is 12.1 Å². The van der Waals surface area contributed by atoms with Gasteiger partial charge in [-0.15, -0.1) is 0 Å². The predicted molar refractivity (Wildman–Crippen MR) is 148 cm³/mol. The zero-order chi connectivity index (χ0) is 30.1. The molecule has 40 heavy (non-hydrogen) atoms. The van der Waals surface area contributed by atoms with Crippen molar-refractivity contribution in [2.75, 3.05) is 30.7 Å². The molecule has 2 aromatic carbocycles. The van der Waals surface area contributed by atoms with Crippen molar-refractivity contribution in [1.29, 1.82) is 0 Å². The fourth-order valence-electron chi connectivity index (χ4n) is 3.41. The maximum Gasteiger partial charge on any atom is 0.416 e. The molecule has 222 valence electrons. The number of nitrogen functional groups attached to an aromatic ring is 1. The normalized spacial score (nSPS) is 11.9. The van der Waals surface area contributed by atoms with Crippen molar-refractivity contribution in [2.45, 2.75) is 71.8 Å². The van der Waals surface area contributed by atoms with Gasteiger partial charge in [0.1, 0.15) is 22.7 Å². The molecule has 0 saturated heterocycles. The van der Waals surface area contributed by atoms with Crippen LogP contribution in [0.5, 0.6) is 11.5 Å². The number of aryl methyl sites for hydroxylation is 1. The number of benzene rings is 2. The Kier molecular flexibility index (Phi) is 10.9. The zero-order valence-electron chi connectivity index (χ0n) is 23.8. The summed E-state index contributed by atoms with van der Waals surface area (Å²) in [4.78, 5) is 23.6. The maximum atomic E-state index is 13.6. The molecule has 0 atom stereocenters. The van der Waals surface area contributed by atoms with Gasteiger partial charge in [0.05, 0.1) is 5.56 Å². The van der Waals surface area contributed by atoms with E-state index in [1.165, 1.54) is 6.07 Å². The van der Waals surface area contributed by atoms with Gasteiger partial charge in [0, 0.05) is 37.1 Å². The molecule has 2 aromatic rings. The number of rotatable bonds is 10. The molecular weight excluding hydrogens is 529 g/mol. The smallest absolute Gasteiger partial charge is 0.416 e. The standard InChI is InChI=1S/C28H39F3N4O5/c1-26(2,3)39-24(36)34-11-7-8-18-14-20(32)9-10-23(18)38-22-16-19(28(29,30)31)15-21(17-22)33-12-13-35-25(37)40-27(4,5)6/h9-10,14-17,33H,7-8,11-13,32H2,1-6H3,(H,34,36)(H,35,37). The summed E-state index contributed by atoms with van der Waals surface area (Å²) in [6.45, 7) is 11.1. The minimum atomic E-state index is -4.61.